The van der Waals surface area contributed by atoms with E-state index in [2.05, 4.69) is 0 Å². The Hall–Kier alpha value is -0.880. The number of rotatable bonds is 2. The van der Waals surface area contributed by atoms with Crippen molar-refractivity contribution in [2.45, 2.75) is 13.0 Å². The number of nitriles is 1. The van der Waals surface area contributed by atoms with Crippen molar-refractivity contribution in [2.24, 2.45) is 5.92 Å². The Morgan fingerprint density at radius 2 is 2.25 bits per heavy atom. The predicted molar refractivity (Wildman–Crippen MR) is 26.5 cm³/mol. The van der Waals surface area contributed by atoms with Crippen molar-refractivity contribution in [3.63, 3.8) is 0 Å². The Morgan fingerprint density at radius 1 is 1.75 bits per heavy atom. The fraction of sp³-hybridized carbons (Fsp3) is 0.600. The minimum absolute atomic E-state index is 0.646. The van der Waals surface area contributed by atoms with Gasteiger partial charge in [0.1, 0.15) is 6.10 Å². The van der Waals surface area contributed by atoms with Crippen LogP contribution in [-0.2, 0) is 4.79 Å². The maximum atomic E-state index is 9.58. The van der Waals surface area contributed by atoms with Crippen LogP contribution in [0.15, 0.2) is 0 Å². The molecule has 1 N–H and O–H groups in total. The summed E-state index contributed by atoms with van der Waals surface area (Å²) in [4.78, 5) is 9.58. The molecule has 0 aliphatic heterocycles. The zero-order valence-corrected chi connectivity index (χ0v) is 4.46. The van der Waals surface area contributed by atoms with Gasteiger partial charge in [-0.25, -0.2) is 0 Å². The Labute approximate surface area is 47.5 Å². The first-order valence-corrected chi connectivity index (χ1v) is 2.17. The molecular formula is C5H6NO2. The van der Waals surface area contributed by atoms with E-state index in [-0.39, 0.29) is 0 Å². The molecule has 2 atom stereocenters. The molecule has 1 radical (unpaired) electrons. The van der Waals surface area contributed by atoms with E-state index in [4.69, 9.17) is 10.4 Å². The molecule has 0 spiro atoms. The van der Waals surface area contributed by atoms with Gasteiger partial charge in [-0.3, -0.25) is 4.79 Å². The van der Waals surface area contributed by atoms with Crippen molar-refractivity contribution in [3.05, 3.63) is 0 Å². The molecule has 0 saturated heterocycles. The normalized spacial score (nSPS) is 16.1. The Kier molecular flexibility index (Phi) is 2.82. The predicted octanol–water partition coefficient (Wildman–Crippen LogP) is -0.383. The number of carbonyl (C=O) groups excluding carboxylic acids is 1. The van der Waals surface area contributed by atoms with E-state index >= 15 is 0 Å². The highest BCUT2D eigenvalue weighted by Gasteiger charge is 2.11. The van der Waals surface area contributed by atoms with Gasteiger partial charge >= 0.3 is 0 Å². The molecule has 8 heavy (non-hydrogen) atoms. The summed E-state index contributed by atoms with van der Waals surface area (Å²) in [6.07, 6.45) is 0.0487. The van der Waals surface area contributed by atoms with E-state index < -0.39 is 12.0 Å². The average Bonchev–Trinajstić information content (AvgIpc) is 1.84. The molecule has 0 saturated carbocycles. The van der Waals surface area contributed by atoms with Gasteiger partial charge in [-0.15, -0.1) is 0 Å². The molecule has 3 nitrogen and oxygen atoms in total. The molecular weight excluding hydrogens is 106 g/mol. The number of nitrogens with zero attached hydrogens (tertiary/aromatic N) is 1. The molecule has 0 aromatic heterocycles. The van der Waals surface area contributed by atoms with Crippen LogP contribution < -0.4 is 0 Å². The van der Waals surface area contributed by atoms with E-state index in [1.54, 1.807) is 6.07 Å². The summed E-state index contributed by atoms with van der Waals surface area (Å²) in [6, 6.07) is 1.70. The molecule has 43 valence electrons. The van der Waals surface area contributed by atoms with Gasteiger partial charge in [0.15, 0.2) is 0 Å². The molecule has 0 aliphatic carbocycles. The zero-order chi connectivity index (χ0) is 6.57. The summed E-state index contributed by atoms with van der Waals surface area (Å²) in [7, 11) is 0. The highest BCUT2D eigenvalue weighted by atomic mass is 16.3. The minimum Gasteiger partial charge on any atom is -0.383 e. The van der Waals surface area contributed by atoms with Crippen LogP contribution in [0, 0.1) is 17.2 Å². The lowest BCUT2D eigenvalue weighted by molar-refractivity contribution is 0.201. The molecule has 0 aromatic carbocycles. The second-order valence-corrected chi connectivity index (χ2v) is 1.48. The third-order valence-electron chi connectivity index (χ3n) is 0.798. The smallest absolute Gasteiger partial charge is 0.230 e. The summed E-state index contributed by atoms with van der Waals surface area (Å²) in [5.74, 6) is -0.646. The maximum Gasteiger partial charge on any atom is 0.230 e. The topological polar surface area (TPSA) is 61.1 Å². The van der Waals surface area contributed by atoms with Crippen LogP contribution in [0.1, 0.15) is 6.92 Å². The van der Waals surface area contributed by atoms with Crippen molar-refractivity contribution in [3.8, 4) is 6.07 Å². The van der Waals surface area contributed by atoms with Gasteiger partial charge in [-0.2, -0.15) is 5.26 Å². The van der Waals surface area contributed by atoms with Crippen LogP contribution in [0.3, 0.4) is 0 Å². The third kappa shape index (κ3) is 1.71. The van der Waals surface area contributed by atoms with E-state index in [0.717, 1.165) is 0 Å². The molecule has 0 amide bonds. The molecule has 0 rings (SSSR count). The molecule has 0 bridgehead atoms. The largest absolute Gasteiger partial charge is 0.383 e. The average molecular weight is 112 g/mol. The molecule has 3 heteroatoms. The lowest BCUT2D eigenvalue weighted by atomic mass is 10.1. The van der Waals surface area contributed by atoms with E-state index in [1.807, 2.05) is 0 Å². The van der Waals surface area contributed by atoms with Crippen molar-refractivity contribution in [1.82, 2.24) is 0 Å². The quantitative estimate of drug-likeness (QED) is 0.529. The number of hydrogen-bond donors (Lipinski definition) is 1. The second kappa shape index (κ2) is 3.16. The lowest BCUT2D eigenvalue weighted by Crippen LogP contribution is -2.16. The van der Waals surface area contributed by atoms with E-state index in [1.165, 1.54) is 13.2 Å². The second-order valence-electron chi connectivity index (χ2n) is 1.48. The first-order chi connectivity index (χ1) is 3.72. The van der Waals surface area contributed by atoms with Gasteiger partial charge in [0, 0.05) is 0 Å². The van der Waals surface area contributed by atoms with Crippen LogP contribution >= 0.6 is 0 Å². The monoisotopic (exact) mass is 112 g/mol. The van der Waals surface area contributed by atoms with E-state index in [0.29, 0.717) is 0 Å². The van der Waals surface area contributed by atoms with Gasteiger partial charge < -0.3 is 5.11 Å². The number of aliphatic hydroxyl groups excluding tert-OH is 1. The highest BCUT2D eigenvalue weighted by Crippen LogP contribution is 1.95. The zero-order valence-electron chi connectivity index (χ0n) is 4.46. The number of hydrogen-bond acceptors (Lipinski definition) is 3. The summed E-state index contributed by atoms with van der Waals surface area (Å²) in [5.41, 5.74) is 0. The fourth-order valence-electron chi connectivity index (χ4n) is 0.173. The van der Waals surface area contributed by atoms with Crippen molar-refractivity contribution in [2.75, 3.05) is 0 Å². The van der Waals surface area contributed by atoms with Crippen molar-refractivity contribution in [1.29, 1.82) is 5.26 Å². The van der Waals surface area contributed by atoms with Gasteiger partial charge in [-0.05, 0) is 6.92 Å². The van der Waals surface area contributed by atoms with Crippen LogP contribution in [0.5, 0.6) is 0 Å². The molecule has 0 aromatic rings. The fourth-order valence-corrected chi connectivity index (χ4v) is 0.173. The molecule has 0 fully saturated rings. The van der Waals surface area contributed by atoms with Crippen LogP contribution in [0.25, 0.3) is 0 Å². The Bertz CT molecular complexity index is 116. The van der Waals surface area contributed by atoms with Crippen molar-refractivity contribution < 1.29 is 9.90 Å². The maximum absolute atomic E-state index is 9.58. The third-order valence-corrected chi connectivity index (χ3v) is 0.798. The number of aliphatic hydroxyl groups is 1. The minimum atomic E-state index is -1.25. The Balaban J connectivity index is 3.66. The molecule has 0 heterocycles. The summed E-state index contributed by atoms with van der Waals surface area (Å²) < 4.78 is 0. The van der Waals surface area contributed by atoms with Gasteiger partial charge in [-0.1, -0.05) is 0 Å². The van der Waals surface area contributed by atoms with Gasteiger partial charge in [0.2, 0.25) is 6.29 Å². The van der Waals surface area contributed by atoms with E-state index in [9.17, 15) is 4.79 Å². The molecule has 0 aliphatic rings. The summed E-state index contributed by atoms with van der Waals surface area (Å²) >= 11 is 0. The standard InChI is InChI=1S/C5H6NO2/c1-4(2-6)5(8)3-7/h4-5,8H,1H3/t4?,5-/m1/s1. The first-order valence-electron chi connectivity index (χ1n) is 2.17. The highest BCUT2D eigenvalue weighted by molar-refractivity contribution is 5.57. The Morgan fingerprint density at radius 3 is 2.38 bits per heavy atom. The van der Waals surface area contributed by atoms with Crippen LogP contribution in [0.4, 0.5) is 0 Å². The summed E-state index contributed by atoms with van der Waals surface area (Å²) in [5, 5.41) is 16.5. The van der Waals surface area contributed by atoms with Crippen LogP contribution in [0.2, 0.25) is 0 Å². The summed E-state index contributed by atoms with van der Waals surface area (Å²) in [6.45, 7) is 1.45. The lowest BCUT2D eigenvalue weighted by Gasteiger charge is -1.99. The van der Waals surface area contributed by atoms with Gasteiger partial charge in [0.25, 0.3) is 0 Å². The SMILES string of the molecule is CC(C#N)[C@H](O)[C]=O. The van der Waals surface area contributed by atoms with Gasteiger partial charge in [0.05, 0.1) is 12.0 Å². The van der Waals surface area contributed by atoms with Crippen molar-refractivity contribution >= 4 is 6.29 Å². The molecule has 1 unspecified atom stereocenters. The van der Waals surface area contributed by atoms with Crippen LogP contribution in [-0.4, -0.2) is 17.5 Å². The first kappa shape index (κ1) is 7.12.